The van der Waals surface area contributed by atoms with Gasteiger partial charge < -0.3 is 15.8 Å². The van der Waals surface area contributed by atoms with E-state index in [2.05, 4.69) is 15.0 Å². The molecule has 3 N–H and O–H groups in total. The van der Waals surface area contributed by atoms with Crippen LogP contribution in [0.1, 0.15) is 43.2 Å². The van der Waals surface area contributed by atoms with Crippen molar-refractivity contribution in [2.45, 2.75) is 50.3 Å². The molecule has 1 fully saturated rings. The Hall–Kier alpha value is -3.16. The Labute approximate surface area is 180 Å². The Balaban J connectivity index is 1.73. The van der Waals surface area contributed by atoms with Crippen molar-refractivity contribution in [1.82, 2.24) is 4.90 Å². The first kappa shape index (κ1) is 21.1. The van der Waals surface area contributed by atoms with E-state index in [9.17, 15) is 13.6 Å². The van der Waals surface area contributed by atoms with Gasteiger partial charge in [-0.25, -0.2) is 4.99 Å². The molecule has 1 heterocycles. The summed E-state index contributed by atoms with van der Waals surface area (Å²) >= 11 is 0. The number of aliphatic imine (C=N–C) groups is 1. The molecule has 0 bridgehead atoms. The summed E-state index contributed by atoms with van der Waals surface area (Å²) in [6.45, 7) is -2.92. The van der Waals surface area contributed by atoms with Gasteiger partial charge in [-0.05, 0) is 48.2 Å². The second-order valence-corrected chi connectivity index (χ2v) is 8.01. The molecule has 2 aromatic rings. The second kappa shape index (κ2) is 8.53. The largest absolute Gasteiger partial charge is 0.435 e. The topological polar surface area (TPSA) is 80.0 Å². The fourth-order valence-corrected chi connectivity index (χ4v) is 4.38. The SMILES string of the molecule is CN1C(=O)C(c2ccc(OC(F)F)cc2)(c2cccc(NC3CCCCC3)c2)N=C1N. The lowest BCUT2D eigenvalue weighted by atomic mass is 9.82. The number of alkyl halides is 2. The minimum Gasteiger partial charge on any atom is -0.435 e. The normalized spacial score (nSPS) is 22.0. The van der Waals surface area contributed by atoms with Crippen LogP contribution < -0.4 is 15.8 Å². The first-order valence-electron chi connectivity index (χ1n) is 10.5. The van der Waals surface area contributed by atoms with Crippen molar-refractivity contribution in [3.05, 3.63) is 59.7 Å². The summed E-state index contributed by atoms with van der Waals surface area (Å²) in [5.74, 6) is -0.191. The zero-order valence-electron chi connectivity index (χ0n) is 17.4. The summed E-state index contributed by atoms with van der Waals surface area (Å²) in [5.41, 5.74) is 6.74. The summed E-state index contributed by atoms with van der Waals surface area (Å²) in [7, 11) is 1.57. The van der Waals surface area contributed by atoms with E-state index in [1.807, 2.05) is 24.3 Å². The Morgan fingerprint density at radius 1 is 1.13 bits per heavy atom. The third-order valence-corrected chi connectivity index (χ3v) is 5.99. The first-order valence-corrected chi connectivity index (χ1v) is 10.5. The van der Waals surface area contributed by atoms with Gasteiger partial charge >= 0.3 is 6.61 Å². The van der Waals surface area contributed by atoms with Gasteiger partial charge in [0.2, 0.25) is 0 Å². The number of amides is 1. The van der Waals surface area contributed by atoms with E-state index in [1.54, 1.807) is 19.2 Å². The second-order valence-electron chi connectivity index (χ2n) is 8.01. The minimum atomic E-state index is -2.92. The molecule has 1 aliphatic carbocycles. The average Bonchev–Trinajstić information content (AvgIpc) is 3.00. The first-order chi connectivity index (χ1) is 14.9. The lowest BCUT2D eigenvalue weighted by molar-refractivity contribution is -0.129. The van der Waals surface area contributed by atoms with E-state index in [-0.39, 0.29) is 17.6 Å². The van der Waals surface area contributed by atoms with E-state index in [4.69, 9.17) is 5.73 Å². The number of likely N-dealkylation sites (N-methyl/N-ethyl adjacent to an activating group) is 1. The van der Waals surface area contributed by atoms with E-state index in [0.717, 1.165) is 18.5 Å². The number of halogens is 2. The summed E-state index contributed by atoms with van der Waals surface area (Å²) in [6, 6.07) is 14.0. The fraction of sp³-hybridized carbons (Fsp3) is 0.391. The zero-order chi connectivity index (χ0) is 22.0. The van der Waals surface area contributed by atoms with Crippen LogP contribution in [0, 0.1) is 0 Å². The van der Waals surface area contributed by atoms with Crippen molar-refractivity contribution < 1.29 is 18.3 Å². The highest BCUT2D eigenvalue weighted by atomic mass is 19.3. The van der Waals surface area contributed by atoms with Crippen LogP contribution in [-0.4, -0.2) is 36.5 Å². The maximum Gasteiger partial charge on any atom is 0.387 e. The van der Waals surface area contributed by atoms with Crippen LogP contribution in [0.5, 0.6) is 5.75 Å². The number of rotatable bonds is 6. The van der Waals surface area contributed by atoms with Gasteiger partial charge in [0.1, 0.15) is 5.75 Å². The lowest BCUT2D eigenvalue weighted by Crippen LogP contribution is -2.41. The van der Waals surface area contributed by atoms with Gasteiger partial charge in [0, 0.05) is 18.8 Å². The maximum absolute atomic E-state index is 13.4. The smallest absolute Gasteiger partial charge is 0.387 e. The molecule has 4 rings (SSSR count). The van der Waals surface area contributed by atoms with E-state index in [1.165, 1.54) is 36.3 Å². The van der Waals surface area contributed by atoms with Crippen molar-refractivity contribution in [2.24, 2.45) is 10.7 Å². The molecule has 1 unspecified atom stereocenters. The number of guanidine groups is 1. The van der Waals surface area contributed by atoms with Crippen LogP contribution in [0.25, 0.3) is 0 Å². The van der Waals surface area contributed by atoms with Crippen LogP contribution in [-0.2, 0) is 10.3 Å². The molecule has 1 aliphatic heterocycles. The number of carbonyl (C=O) groups excluding carboxylic acids is 1. The van der Waals surface area contributed by atoms with Gasteiger partial charge in [-0.15, -0.1) is 0 Å². The van der Waals surface area contributed by atoms with Crippen molar-refractivity contribution in [1.29, 1.82) is 0 Å². The van der Waals surface area contributed by atoms with Gasteiger partial charge in [0.05, 0.1) is 0 Å². The van der Waals surface area contributed by atoms with Crippen molar-refractivity contribution in [3.8, 4) is 5.75 Å². The summed E-state index contributed by atoms with van der Waals surface area (Å²) < 4.78 is 29.5. The highest BCUT2D eigenvalue weighted by molar-refractivity contribution is 6.09. The van der Waals surface area contributed by atoms with Crippen molar-refractivity contribution in [3.63, 3.8) is 0 Å². The molecule has 1 atom stereocenters. The number of nitrogens with two attached hydrogens (primary N) is 1. The predicted octanol–water partition coefficient (Wildman–Crippen LogP) is 4.06. The number of benzene rings is 2. The molecule has 2 aromatic carbocycles. The van der Waals surface area contributed by atoms with Crippen molar-refractivity contribution in [2.75, 3.05) is 12.4 Å². The van der Waals surface area contributed by atoms with E-state index < -0.39 is 12.2 Å². The van der Waals surface area contributed by atoms with E-state index in [0.29, 0.717) is 17.2 Å². The molecule has 0 spiro atoms. The molecule has 31 heavy (non-hydrogen) atoms. The number of hydrogen-bond donors (Lipinski definition) is 2. The third kappa shape index (κ3) is 4.06. The monoisotopic (exact) mass is 428 g/mol. The molecule has 0 saturated heterocycles. The summed E-state index contributed by atoms with van der Waals surface area (Å²) in [5, 5.41) is 3.57. The molecular formula is C23H26F2N4O2. The standard InChI is InChI=1S/C23H26F2N4O2/c1-29-20(30)23(28-22(29)26,15-10-12-19(13-11-15)31-21(24)25)16-6-5-9-18(14-16)27-17-7-3-2-4-8-17/h5-6,9-14,17,21,27H,2-4,7-8H2,1H3,(H2,26,28). The minimum absolute atomic E-state index is 0.0115. The van der Waals surface area contributed by atoms with Crippen LogP contribution in [0.2, 0.25) is 0 Å². The number of carbonyl (C=O) groups is 1. The number of nitrogens with zero attached hydrogens (tertiary/aromatic N) is 2. The Morgan fingerprint density at radius 2 is 1.84 bits per heavy atom. The molecule has 0 aromatic heterocycles. The quantitative estimate of drug-likeness (QED) is 0.727. The average molecular weight is 428 g/mol. The Bertz CT molecular complexity index is 974. The number of hydrogen-bond acceptors (Lipinski definition) is 5. The number of nitrogens with one attached hydrogen (secondary N) is 1. The molecule has 1 amide bonds. The zero-order valence-corrected chi connectivity index (χ0v) is 17.4. The van der Waals surface area contributed by atoms with Gasteiger partial charge in [-0.1, -0.05) is 43.5 Å². The van der Waals surface area contributed by atoms with Crippen LogP contribution >= 0.6 is 0 Å². The molecule has 0 radical (unpaired) electrons. The van der Waals surface area contributed by atoms with Gasteiger partial charge in [-0.2, -0.15) is 8.78 Å². The maximum atomic E-state index is 13.4. The molecule has 164 valence electrons. The predicted molar refractivity (Wildman–Crippen MR) is 115 cm³/mol. The fourth-order valence-electron chi connectivity index (χ4n) is 4.38. The lowest BCUT2D eigenvalue weighted by Gasteiger charge is -2.28. The number of ether oxygens (including phenoxy) is 1. The highest BCUT2D eigenvalue weighted by Crippen LogP contribution is 2.40. The van der Waals surface area contributed by atoms with Crippen molar-refractivity contribution >= 4 is 17.6 Å². The Morgan fingerprint density at radius 3 is 2.45 bits per heavy atom. The van der Waals surface area contributed by atoms with Gasteiger partial charge in [0.15, 0.2) is 11.5 Å². The summed E-state index contributed by atoms with van der Waals surface area (Å²) in [6.07, 6.45) is 5.92. The Kier molecular flexibility index (Phi) is 5.80. The van der Waals surface area contributed by atoms with Gasteiger partial charge in [-0.3, -0.25) is 9.69 Å². The molecule has 6 nitrogen and oxygen atoms in total. The third-order valence-electron chi connectivity index (χ3n) is 5.99. The van der Waals surface area contributed by atoms with Crippen LogP contribution in [0.3, 0.4) is 0 Å². The van der Waals surface area contributed by atoms with Gasteiger partial charge in [0.25, 0.3) is 5.91 Å². The highest BCUT2D eigenvalue weighted by Gasteiger charge is 2.49. The molecule has 1 saturated carbocycles. The number of anilines is 1. The molecular weight excluding hydrogens is 402 g/mol. The van der Waals surface area contributed by atoms with E-state index >= 15 is 0 Å². The van der Waals surface area contributed by atoms with Crippen LogP contribution in [0.15, 0.2) is 53.5 Å². The molecule has 2 aliphatic rings. The van der Waals surface area contributed by atoms with Crippen LogP contribution in [0.4, 0.5) is 14.5 Å². The molecule has 8 heteroatoms. The summed E-state index contributed by atoms with van der Waals surface area (Å²) in [4.78, 5) is 19.2.